The normalized spacial score (nSPS) is 16.4. The lowest BCUT2D eigenvalue weighted by Gasteiger charge is -2.35. The molecule has 1 aliphatic rings. The molecule has 1 fully saturated rings. The third-order valence-corrected chi connectivity index (χ3v) is 5.83. The molecule has 0 spiro atoms. The Morgan fingerprint density at radius 2 is 1.88 bits per heavy atom. The Morgan fingerprint density at radius 3 is 2.45 bits per heavy atom. The molecule has 33 heavy (non-hydrogen) atoms. The number of anilines is 1. The number of aliphatic hydroxyl groups is 1. The minimum atomic E-state index is -0.801. The van der Waals surface area contributed by atoms with Crippen LogP contribution >= 0.6 is 0 Å². The molecule has 10 heteroatoms. The number of piperidine rings is 1. The van der Waals surface area contributed by atoms with Gasteiger partial charge in [-0.15, -0.1) is 5.10 Å². The number of likely N-dealkylation sites (tertiary alicyclic amines) is 1. The zero-order valence-corrected chi connectivity index (χ0v) is 20.5. The second-order valence-corrected chi connectivity index (χ2v) is 9.76. The molecule has 3 rings (SSSR count). The Morgan fingerprint density at radius 1 is 1.24 bits per heavy atom. The molecular formula is C23H38N6O4. The Balaban J connectivity index is 1.73. The summed E-state index contributed by atoms with van der Waals surface area (Å²) >= 11 is 0. The van der Waals surface area contributed by atoms with Crippen LogP contribution in [0.1, 0.15) is 84.9 Å². The molecule has 0 saturated carbocycles. The maximum atomic E-state index is 12.3. The van der Waals surface area contributed by atoms with Gasteiger partial charge in [0, 0.05) is 13.1 Å². The molecular weight excluding hydrogens is 424 g/mol. The van der Waals surface area contributed by atoms with E-state index < -0.39 is 11.7 Å². The molecule has 0 aliphatic carbocycles. The van der Waals surface area contributed by atoms with Gasteiger partial charge in [0.1, 0.15) is 17.8 Å². The fraction of sp³-hybridized carbons (Fsp3) is 0.739. The van der Waals surface area contributed by atoms with Gasteiger partial charge in [0.15, 0.2) is 11.5 Å². The number of rotatable bonds is 8. The summed E-state index contributed by atoms with van der Waals surface area (Å²) in [5.74, 6) is 0.169. The molecule has 1 atom stereocenters. The lowest BCUT2D eigenvalue weighted by Crippen LogP contribution is -2.42. The van der Waals surface area contributed by atoms with Crippen LogP contribution in [0.5, 0.6) is 6.01 Å². The van der Waals surface area contributed by atoms with Crippen LogP contribution in [0.3, 0.4) is 0 Å². The number of carbonyl (C=O) groups excluding carboxylic acids is 1. The van der Waals surface area contributed by atoms with Crippen molar-refractivity contribution in [1.82, 2.24) is 24.5 Å². The molecule has 184 valence electrons. The first kappa shape index (κ1) is 25.0. The van der Waals surface area contributed by atoms with Crippen LogP contribution in [0.2, 0.25) is 0 Å². The molecule has 3 heterocycles. The van der Waals surface area contributed by atoms with Crippen LogP contribution in [-0.4, -0.2) is 60.5 Å². The maximum Gasteiger partial charge on any atom is 0.410 e. The largest absolute Gasteiger partial charge is 0.459 e. The van der Waals surface area contributed by atoms with Crippen LogP contribution in [0, 0.1) is 5.92 Å². The number of hydrogen-bond acceptors (Lipinski definition) is 8. The zero-order valence-electron chi connectivity index (χ0n) is 20.5. The number of fused-ring (bicyclic) bond motifs is 1. The molecule has 2 aromatic heterocycles. The van der Waals surface area contributed by atoms with Crippen molar-refractivity contribution < 1.29 is 19.4 Å². The Labute approximate surface area is 195 Å². The number of nitrogen functional groups attached to an aromatic ring is 1. The van der Waals surface area contributed by atoms with Crippen LogP contribution in [0.15, 0.2) is 6.20 Å². The molecule has 1 saturated heterocycles. The quantitative estimate of drug-likeness (QED) is 0.607. The topological polar surface area (TPSA) is 128 Å². The molecule has 10 nitrogen and oxygen atoms in total. The number of amides is 1. The van der Waals surface area contributed by atoms with Gasteiger partial charge in [-0.2, -0.15) is 4.98 Å². The Hall–Kier alpha value is -2.62. The van der Waals surface area contributed by atoms with Gasteiger partial charge in [-0.1, -0.05) is 26.7 Å². The van der Waals surface area contributed by atoms with Crippen molar-refractivity contribution in [3.63, 3.8) is 0 Å². The van der Waals surface area contributed by atoms with E-state index in [4.69, 9.17) is 15.2 Å². The summed E-state index contributed by atoms with van der Waals surface area (Å²) in [5.41, 5.74) is 6.53. The van der Waals surface area contributed by atoms with Gasteiger partial charge in [-0.3, -0.25) is 0 Å². The summed E-state index contributed by atoms with van der Waals surface area (Å²) in [6, 6.07) is 0.193. The molecule has 1 aliphatic heterocycles. The summed E-state index contributed by atoms with van der Waals surface area (Å²) < 4.78 is 13.0. The van der Waals surface area contributed by atoms with E-state index in [9.17, 15) is 9.90 Å². The van der Waals surface area contributed by atoms with Gasteiger partial charge in [0.05, 0.1) is 11.9 Å². The first-order valence-electron chi connectivity index (χ1n) is 12.0. The highest BCUT2D eigenvalue weighted by molar-refractivity contribution is 5.68. The van der Waals surface area contributed by atoms with E-state index in [2.05, 4.69) is 28.9 Å². The number of nitrogens with two attached hydrogens (primary N) is 1. The number of imidazole rings is 1. The van der Waals surface area contributed by atoms with Gasteiger partial charge in [0.25, 0.3) is 0 Å². The average Bonchev–Trinajstić information content (AvgIpc) is 3.17. The number of nitrogens with zero attached hydrogens (tertiary/aromatic N) is 5. The third kappa shape index (κ3) is 6.25. The van der Waals surface area contributed by atoms with Crippen LogP contribution in [0.25, 0.3) is 5.65 Å². The highest BCUT2D eigenvalue weighted by atomic mass is 16.6. The second-order valence-electron chi connectivity index (χ2n) is 9.76. The fourth-order valence-corrected chi connectivity index (χ4v) is 4.17. The van der Waals surface area contributed by atoms with Crippen molar-refractivity contribution in [3.8, 4) is 6.01 Å². The van der Waals surface area contributed by atoms with E-state index in [0.29, 0.717) is 37.3 Å². The summed E-state index contributed by atoms with van der Waals surface area (Å²) in [5, 5.41) is 15.6. The number of carbonyl (C=O) groups is 1. The summed E-state index contributed by atoms with van der Waals surface area (Å²) in [4.78, 5) is 22.6. The predicted molar refractivity (Wildman–Crippen MR) is 125 cm³/mol. The van der Waals surface area contributed by atoms with Crippen molar-refractivity contribution >= 4 is 17.6 Å². The van der Waals surface area contributed by atoms with Crippen molar-refractivity contribution in [2.24, 2.45) is 5.92 Å². The van der Waals surface area contributed by atoms with Crippen LogP contribution in [-0.2, 0) is 4.74 Å². The van der Waals surface area contributed by atoms with Crippen molar-refractivity contribution in [2.45, 2.75) is 91.0 Å². The lowest BCUT2D eigenvalue weighted by atomic mass is 9.90. The number of aliphatic hydroxyl groups excluding tert-OH is 1. The van der Waals surface area contributed by atoms with E-state index in [1.54, 1.807) is 11.1 Å². The van der Waals surface area contributed by atoms with Crippen molar-refractivity contribution in [2.75, 3.05) is 18.8 Å². The minimum Gasteiger partial charge on any atom is -0.459 e. The first-order chi connectivity index (χ1) is 15.6. The van der Waals surface area contributed by atoms with Gasteiger partial charge in [0.2, 0.25) is 0 Å². The van der Waals surface area contributed by atoms with Crippen molar-refractivity contribution in [3.05, 3.63) is 11.9 Å². The Kier molecular flexibility index (Phi) is 7.99. The van der Waals surface area contributed by atoms with Crippen LogP contribution in [0.4, 0.5) is 10.6 Å². The molecule has 1 unspecified atom stereocenters. The van der Waals surface area contributed by atoms with Gasteiger partial charge >= 0.3 is 12.1 Å². The first-order valence-corrected chi connectivity index (χ1v) is 12.0. The SMILES string of the molecule is CCCC(CCC)Oc1nc(N)c2ncc(C(O)C3CCN(C(=O)OC(C)(C)C)CC3)n2n1. The van der Waals surface area contributed by atoms with Gasteiger partial charge in [-0.05, 0) is 52.4 Å². The highest BCUT2D eigenvalue weighted by Crippen LogP contribution is 2.32. The minimum absolute atomic E-state index is 0.0194. The molecule has 0 bridgehead atoms. The smallest absolute Gasteiger partial charge is 0.410 e. The third-order valence-electron chi connectivity index (χ3n) is 5.83. The number of hydrogen-bond donors (Lipinski definition) is 2. The monoisotopic (exact) mass is 462 g/mol. The Bertz CT molecular complexity index is 927. The van der Waals surface area contributed by atoms with Gasteiger partial charge in [-0.25, -0.2) is 14.3 Å². The fourth-order valence-electron chi connectivity index (χ4n) is 4.17. The summed E-state index contributed by atoms with van der Waals surface area (Å²) in [6.07, 6.45) is 5.59. The van der Waals surface area contributed by atoms with E-state index >= 15 is 0 Å². The van der Waals surface area contributed by atoms with E-state index in [-0.39, 0.29) is 29.9 Å². The highest BCUT2D eigenvalue weighted by Gasteiger charge is 2.32. The molecule has 1 amide bonds. The summed E-state index contributed by atoms with van der Waals surface area (Å²) in [7, 11) is 0. The maximum absolute atomic E-state index is 12.3. The molecule has 0 aromatic carbocycles. The average molecular weight is 463 g/mol. The van der Waals surface area contributed by atoms with Gasteiger partial charge < -0.3 is 25.2 Å². The number of ether oxygens (including phenoxy) is 2. The van der Waals surface area contributed by atoms with Crippen LogP contribution < -0.4 is 10.5 Å². The predicted octanol–water partition coefficient (Wildman–Crippen LogP) is 3.73. The van der Waals surface area contributed by atoms with E-state index in [1.165, 1.54) is 4.52 Å². The van der Waals surface area contributed by atoms with E-state index in [1.807, 2.05) is 20.8 Å². The molecule has 0 radical (unpaired) electrons. The number of aromatic nitrogens is 4. The standard InChI is InChI=1S/C23H38N6O4/c1-6-8-16(9-7-2)32-21-26-19(24)20-25-14-17(29(20)27-21)18(30)15-10-12-28(13-11-15)22(31)33-23(3,4)5/h14-16,18,30H,6-13H2,1-5H3,(H2,24,26,27). The second kappa shape index (κ2) is 10.5. The lowest BCUT2D eigenvalue weighted by molar-refractivity contribution is 0.00686. The van der Waals surface area contributed by atoms with Crippen molar-refractivity contribution in [1.29, 1.82) is 0 Å². The molecule has 3 N–H and O–H groups in total. The summed E-state index contributed by atoms with van der Waals surface area (Å²) in [6.45, 7) is 10.8. The zero-order chi connectivity index (χ0) is 24.2. The van der Waals surface area contributed by atoms with E-state index in [0.717, 1.165) is 25.7 Å². The molecule has 2 aromatic rings.